The molecule has 0 radical (unpaired) electrons. The van der Waals surface area contributed by atoms with E-state index in [0.717, 1.165) is 23.1 Å². The third-order valence-electron chi connectivity index (χ3n) is 6.33. The van der Waals surface area contributed by atoms with Crippen LogP contribution in [-0.4, -0.2) is 25.8 Å². The van der Waals surface area contributed by atoms with E-state index < -0.39 is 10.0 Å². The molecule has 1 saturated heterocycles. The first-order valence-electron chi connectivity index (χ1n) is 9.73. The van der Waals surface area contributed by atoms with Gasteiger partial charge in [0.25, 0.3) is 0 Å². The standard InChI is InChI=1S/C24H25NO2S/c1-4-22-23-16-25(28(26,27)21-14-10-18(2)11-15-21)17-24(22,23)19(3)12-13-20-8-6-5-7-9-20/h5-11,14-15,22-23H,3-4,16-17H2,1-2H3/t22-,23-,24-/m1/s1. The smallest absolute Gasteiger partial charge is 0.207 e. The fourth-order valence-electron chi connectivity index (χ4n) is 4.72. The second-order valence-corrected chi connectivity index (χ2v) is 9.80. The minimum atomic E-state index is -3.48. The van der Waals surface area contributed by atoms with E-state index in [9.17, 15) is 8.42 Å². The topological polar surface area (TPSA) is 37.4 Å². The lowest BCUT2D eigenvalue weighted by Crippen LogP contribution is -2.34. The minimum absolute atomic E-state index is 0.200. The molecule has 2 fully saturated rings. The van der Waals surface area contributed by atoms with Gasteiger partial charge < -0.3 is 0 Å². The first-order valence-corrected chi connectivity index (χ1v) is 11.2. The van der Waals surface area contributed by atoms with Crippen LogP contribution in [0.5, 0.6) is 0 Å². The number of aryl methyl sites for hydroxylation is 1. The van der Waals surface area contributed by atoms with Crippen molar-refractivity contribution >= 4 is 10.0 Å². The van der Waals surface area contributed by atoms with E-state index in [0.29, 0.717) is 29.8 Å². The molecule has 144 valence electrons. The van der Waals surface area contributed by atoms with E-state index in [-0.39, 0.29) is 5.41 Å². The molecule has 3 atom stereocenters. The number of sulfonamides is 1. The summed E-state index contributed by atoms with van der Waals surface area (Å²) in [6, 6.07) is 16.9. The number of fused-ring (bicyclic) bond motifs is 1. The molecular weight excluding hydrogens is 366 g/mol. The van der Waals surface area contributed by atoms with Crippen molar-refractivity contribution in [3.63, 3.8) is 0 Å². The largest absolute Gasteiger partial charge is 0.243 e. The maximum atomic E-state index is 13.1. The van der Waals surface area contributed by atoms with Gasteiger partial charge in [0.15, 0.2) is 0 Å². The molecule has 2 aromatic rings. The average Bonchev–Trinajstić information content (AvgIpc) is 3.13. The van der Waals surface area contributed by atoms with Crippen LogP contribution in [0.15, 0.2) is 71.6 Å². The zero-order valence-electron chi connectivity index (χ0n) is 16.4. The zero-order chi connectivity index (χ0) is 19.9. The number of piperidine rings is 1. The predicted octanol–water partition coefficient (Wildman–Crippen LogP) is 4.25. The Hall–Kier alpha value is -2.35. The van der Waals surface area contributed by atoms with Crippen molar-refractivity contribution in [2.75, 3.05) is 13.1 Å². The number of hydrogen-bond donors (Lipinski definition) is 0. The summed E-state index contributed by atoms with van der Waals surface area (Å²) >= 11 is 0. The van der Waals surface area contributed by atoms with Gasteiger partial charge in [-0.15, -0.1) is 0 Å². The zero-order valence-corrected chi connectivity index (χ0v) is 17.2. The Bertz CT molecular complexity index is 1060. The second-order valence-electron chi connectivity index (χ2n) is 7.87. The van der Waals surface area contributed by atoms with Crippen LogP contribution in [-0.2, 0) is 10.0 Å². The lowest BCUT2D eigenvalue weighted by molar-refractivity contribution is 0.381. The molecule has 0 amide bonds. The Balaban J connectivity index is 1.59. The van der Waals surface area contributed by atoms with E-state index in [1.807, 2.05) is 49.4 Å². The molecule has 2 aromatic carbocycles. The van der Waals surface area contributed by atoms with Crippen molar-refractivity contribution < 1.29 is 8.42 Å². The summed E-state index contributed by atoms with van der Waals surface area (Å²) in [5, 5.41) is 0. The van der Waals surface area contributed by atoms with Crippen LogP contribution in [0.1, 0.15) is 24.5 Å². The molecule has 0 aromatic heterocycles. The van der Waals surface area contributed by atoms with Gasteiger partial charge in [-0.1, -0.05) is 67.7 Å². The van der Waals surface area contributed by atoms with Crippen molar-refractivity contribution in [1.29, 1.82) is 0 Å². The van der Waals surface area contributed by atoms with Gasteiger partial charge in [0.2, 0.25) is 10.0 Å². The second kappa shape index (κ2) is 6.92. The third-order valence-corrected chi connectivity index (χ3v) is 8.16. The van der Waals surface area contributed by atoms with Crippen LogP contribution < -0.4 is 0 Å². The van der Waals surface area contributed by atoms with E-state index >= 15 is 0 Å². The Morgan fingerprint density at radius 3 is 2.50 bits per heavy atom. The van der Waals surface area contributed by atoms with Crippen LogP contribution in [0, 0.1) is 36.0 Å². The molecule has 28 heavy (non-hydrogen) atoms. The van der Waals surface area contributed by atoms with Crippen molar-refractivity contribution in [1.82, 2.24) is 4.31 Å². The van der Waals surface area contributed by atoms with Gasteiger partial charge in [-0.25, -0.2) is 8.42 Å². The van der Waals surface area contributed by atoms with Crippen LogP contribution in [0.3, 0.4) is 0 Å². The fraction of sp³-hybridized carbons (Fsp3) is 0.333. The SMILES string of the molecule is C=C(C#Cc1ccccc1)[C@@]12CN(S(=O)(=O)c3ccc(C)cc3)C[C@@H]1[C@H]2CC. The molecule has 3 nitrogen and oxygen atoms in total. The van der Waals surface area contributed by atoms with Crippen LogP contribution >= 0.6 is 0 Å². The number of nitrogens with zero attached hydrogens (tertiary/aromatic N) is 1. The number of benzene rings is 2. The Morgan fingerprint density at radius 2 is 1.86 bits per heavy atom. The summed E-state index contributed by atoms with van der Waals surface area (Å²) in [5.41, 5.74) is 2.67. The predicted molar refractivity (Wildman–Crippen MR) is 112 cm³/mol. The summed E-state index contributed by atoms with van der Waals surface area (Å²) < 4.78 is 27.9. The molecular formula is C24H25NO2S. The average molecular weight is 392 g/mol. The Labute approximate surface area is 168 Å². The molecule has 0 bridgehead atoms. The quantitative estimate of drug-likeness (QED) is 0.731. The van der Waals surface area contributed by atoms with Gasteiger partial charge in [0.1, 0.15) is 0 Å². The lowest BCUT2D eigenvalue weighted by atomic mass is 9.93. The molecule has 2 aliphatic rings. The van der Waals surface area contributed by atoms with Crippen molar-refractivity contribution in [2.24, 2.45) is 17.3 Å². The molecule has 4 rings (SSSR count). The minimum Gasteiger partial charge on any atom is -0.207 e. The third kappa shape index (κ3) is 2.99. The molecule has 4 heteroatoms. The van der Waals surface area contributed by atoms with Crippen molar-refractivity contribution in [3.05, 3.63) is 77.9 Å². The van der Waals surface area contributed by atoms with Crippen LogP contribution in [0.4, 0.5) is 0 Å². The summed E-state index contributed by atoms with van der Waals surface area (Å²) in [6.07, 6.45) is 1.02. The van der Waals surface area contributed by atoms with E-state index in [4.69, 9.17) is 0 Å². The van der Waals surface area contributed by atoms with Crippen molar-refractivity contribution in [3.8, 4) is 11.8 Å². The van der Waals surface area contributed by atoms with E-state index in [1.54, 1.807) is 16.4 Å². The highest BCUT2D eigenvalue weighted by Gasteiger charge is 2.70. The van der Waals surface area contributed by atoms with Crippen molar-refractivity contribution in [2.45, 2.75) is 25.2 Å². The fourth-order valence-corrected chi connectivity index (χ4v) is 6.24. The summed E-state index contributed by atoms with van der Waals surface area (Å²) in [4.78, 5) is 0.364. The highest BCUT2D eigenvalue weighted by atomic mass is 32.2. The molecule has 1 heterocycles. The Morgan fingerprint density at radius 1 is 1.18 bits per heavy atom. The number of rotatable bonds is 4. The van der Waals surface area contributed by atoms with E-state index in [2.05, 4.69) is 25.3 Å². The summed E-state index contributed by atoms with van der Waals surface area (Å²) in [5.74, 6) is 7.21. The molecule has 0 N–H and O–H groups in total. The number of hydrogen-bond acceptors (Lipinski definition) is 2. The molecule has 1 saturated carbocycles. The first kappa shape index (κ1) is 19.0. The van der Waals surface area contributed by atoms with Gasteiger partial charge in [-0.2, -0.15) is 4.31 Å². The lowest BCUT2D eigenvalue weighted by Gasteiger charge is -2.23. The Kier molecular flexibility index (Phi) is 4.69. The molecule has 0 spiro atoms. The van der Waals surface area contributed by atoms with Gasteiger partial charge in [-0.05, 0) is 43.0 Å². The van der Waals surface area contributed by atoms with Gasteiger partial charge in [0.05, 0.1) is 4.90 Å². The molecule has 0 unspecified atom stereocenters. The first-order chi connectivity index (χ1) is 13.4. The maximum Gasteiger partial charge on any atom is 0.243 e. The highest BCUT2D eigenvalue weighted by Crippen LogP contribution is 2.68. The molecule has 1 aliphatic heterocycles. The molecule has 1 aliphatic carbocycles. The maximum absolute atomic E-state index is 13.1. The van der Waals surface area contributed by atoms with Gasteiger partial charge >= 0.3 is 0 Å². The van der Waals surface area contributed by atoms with Crippen LogP contribution in [0.2, 0.25) is 0 Å². The normalized spacial score (nSPS) is 26.2. The van der Waals surface area contributed by atoms with Gasteiger partial charge in [0, 0.05) is 29.6 Å². The summed E-state index contributed by atoms with van der Waals surface area (Å²) in [6.45, 7) is 9.43. The van der Waals surface area contributed by atoms with E-state index in [1.165, 1.54) is 0 Å². The monoisotopic (exact) mass is 391 g/mol. The highest BCUT2D eigenvalue weighted by molar-refractivity contribution is 7.89. The van der Waals surface area contributed by atoms with Gasteiger partial charge in [-0.3, -0.25) is 0 Å². The van der Waals surface area contributed by atoms with Crippen LogP contribution in [0.25, 0.3) is 0 Å². The summed E-state index contributed by atoms with van der Waals surface area (Å²) in [7, 11) is -3.48.